The standard InChI is InChI=1S/C16H18N2O3/c1-8(2)17-14(20)11-12-15(21)18-10-7-5-4-6-9(10)13(19)16(11,12)3/h4-8,11-12H,1-3H3,(H,17,20)(H,18,21)/t11-,12-,16+/m0/s1. The second-order valence-electron chi connectivity index (χ2n) is 6.27. The molecule has 1 saturated carbocycles. The number of benzene rings is 1. The zero-order chi connectivity index (χ0) is 15.4. The van der Waals surface area contributed by atoms with Crippen molar-refractivity contribution >= 4 is 23.3 Å². The maximum Gasteiger partial charge on any atom is 0.229 e. The van der Waals surface area contributed by atoms with Gasteiger partial charge in [-0.25, -0.2) is 0 Å². The van der Waals surface area contributed by atoms with Gasteiger partial charge in [0.2, 0.25) is 11.8 Å². The van der Waals surface area contributed by atoms with Crippen molar-refractivity contribution in [3.05, 3.63) is 29.8 Å². The van der Waals surface area contributed by atoms with E-state index in [2.05, 4.69) is 10.6 Å². The lowest BCUT2D eigenvalue weighted by molar-refractivity contribution is -0.125. The highest BCUT2D eigenvalue weighted by Crippen LogP contribution is 2.62. The SMILES string of the molecule is CC(C)NC(=O)[C@@H]1[C@H]2C(=O)Nc3ccccc3C(=O)[C@@]21C. The molecule has 21 heavy (non-hydrogen) atoms. The lowest BCUT2D eigenvalue weighted by Crippen LogP contribution is -2.34. The van der Waals surface area contributed by atoms with Crippen LogP contribution in [0.2, 0.25) is 0 Å². The number of rotatable bonds is 2. The summed E-state index contributed by atoms with van der Waals surface area (Å²) in [6.07, 6.45) is 0. The molecule has 1 aromatic carbocycles. The zero-order valence-electron chi connectivity index (χ0n) is 12.3. The second-order valence-corrected chi connectivity index (χ2v) is 6.27. The number of carbonyl (C=O) groups excluding carboxylic acids is 3. The molecule has 5 nitrogen and oxygen atoms in total. The van der Waals surface area contributed by atoms with Crippen LogP contribution in [-0.4, -0.2) is 23.6 Å². The van der Waals surface area contributed by atoms with E-state index in [1.54, 1.807) is 31.2 Å². The molecule has 110 valence electrons. The van der Waals surface area contributed by atoms with E-state index in [1.165, 1.54) is 0 Å². The fourth-order valence-corrected chi connectivity index (χ4v) is 3.31. The van der Waals surface area contributed by atoms with Gasteiger partial charge in [-0.15, -0.1) is 0 Å². The lowest BCUT2D eigenvalue weighted by Gasteiger charge is -2.13. The number of nitrogens with one attached hydrogen (secondary N) is 2. The molecule has 2 amide bonds. The van der Waals surface area contributed by atoms with Gasteiger partial charge in [0.15, 0.2) is 5.78 Å². The molecule has 1 fully saturated rings. The number of para-hydroxylation sites is 1. The number of hydrogen-bond acceptors (Lipinski definition) is 3. The Morgan fingerprint density at radius 3 is 2.62 bits per heavy atom. The average molecular weight is 286 g/mol. The molecule has 5 heteroatoms. The smallest absolute Gasteiger partial charge is 0.229 e. The second kappa shape index (κ2) is 4.41. The summed E-state index contributed by atoms with van der Waals surface area (Å²) in [6.45, 7) is 5.43. The third-order valence-corrected chi connectivity index (χ3v) is 4.43. The minimum atomic E-state index is -0.935. The van der Waals surface area contributed by atoms with Gasteiger partial charge in [-0.1, -0.05) is 19.1 Å². The van der Waals surface area contributed by atoms with Crippen LogP contribution in [0, 0.1) is 17.3 Å². The number of carbonyl (C=O) groups is 3. The summed E-state index contributed by atoms with van der Waals surface area (Å²) < 4.78 is 0. The fourth-order valence-electron chi connectivity index (χ4n) is 3.31. The topological polar surface area (TPSA) is 75.3 Å². The van der Waals surface area contributed by atoms with E-state index in [-0.39, 0.29) is 23.6 Å². The van der Waals surface area contributed by atoms with Crippen LogP contribution in [0.5, 0.6) is 0 Å². The molecule has 3 atom stereocenters. The average Bonchev–Trinajstić information content (AvgIpc) is 3.06. The fraction of sp³-hybridized carbons (Fsp3) is 0.438. The molecule has 1 heterocycles. The van der Waals surface area contributed by atoms with Crippen molar-refractivity contribution in [1.82, 2.24) is 5.32 Å². The van der Waals surface area contributed by atoms with Crippen LogP contribution < -0.4 is 10.6 Å². The molecule has 0 radical (unpaired) electrons. The van der Waals surface area contributed by atoms with Crippen LogP contribution in [0.1, 0.15) is 31.1 Å². The Labute approximate surface area is 123 Å². The molecule has 0 saturated heterocycles. The molecule has 0 bridgehead atoms. The summed E-state index contributed by atoms with van der Waals surface area (Å²) >= 11 is 0. The van der Waals surface area contributed by atoms with Crippen LogP contribution in [-0.2, 0) is 9.59 Å². The summed E-state index contributed by atoms with van der Waals surface area (Å²) in [5.41, 5.74) is 0.0787. The Hall–Kier alpha value is -2.17. The number of Topliss-reactive ketones (excluding diaryl/α,β-unsaturated/α-hetero) is 1. The highest BCUT2D eigenvalue weighted by Gasteiger charge is 2.73. The first-order valence-corrected chi connectivity index (χ1v) is 7.12. The van der Waals surface area contributed by atoms with Gasteiger partial charge in [0.1, 0.15) is 0 Å². The third kappa shape index (κ3) is 1.87. The number of amides is 2. The molecule has 1 aromatic rings. The normalized spacial score (nSPS) is 30.1. The van der Waals surface area contributed by atoms with Crippen molar-refractivity contribution in [3.63, 3.8) is 0 Å². The summed E-state index contributed by atoms with van der Waals surface area (Å²) in [6, 6.07) is 6.92. The van der Waals surface area contributed by atoms with Crippen LogP contribution in [0.3, 0.4) is 0 Å². The van der Waals surface area contributed by atoms with Crippen LogP contribution in [0.25, 0.3) is 0 Å². The highest BCUT2D eigenvalue weighted by atomic mass is 16.2. The number of fused-ring (bicyclic) bond motifs is 2. The van der Waals surface area contributed by atoms with Gasteiger partial charge in [-0.2, -0.15) is 0 Å². The molecule has 1 aliphatic heterocycles. The first-order chi connectivity index (χ1) is 9.87. The third-order valence-electron chi connectivity index (χ3n) is 4.43. The van der Waals surface area contributed by atoms with Crippen molar-refractivity contribution in [3.8, 4) is 0 Å². The number of anilines is 1. The summed E-state index contributed by atoms with van der Waals surface area (Å²) in [4.78, 5) is 37.4. The molecule has 3 rings (SSSR count). The Bertz CT molecular complexity index is 653. The van der Waals surface area contributed by atoms with Crippen molar-refractivity contribution < 1.29 is 14.4 Å². The lowest BCUT2D eigenvalue weighted by atomic mass is 9.92. The predicted molar refractivity (Wildman–Crippen MR) is 77.8 cm³/mol. The number of hydrogen-bond donors (Lipinski definition) is 2. The highest BCUT2D eigenvalue weighted by molar-refractivity contribution is 6.19. The molecular weight excluding hydrogens is 268 g/mol. The minimum Gasteiger partial charge on any atom is -0.354 e. The van der Waals surface area contributed by atoms with Crippen LogP contribution in [0.15, 0.2) is 24.3 Å². The van der Waals surface area contributed by atoms with Crippen LogP contribution in [0.4, 0.5) is 5.69 Å². The summed E-state index contributed by atoms with van der Waals surface area (Å²) in [5.74, 6) is -1.78. The van der Waals surface area contributed by atoms with Gasteiger partial charge in [0.05, 0.1) is 22.9 Å². The molecule has 0 spiro atoms. The zero-order valence-corrected chi connectivity index (χ0v) is 12.3. The molecule has 2 aliphatic rings. The van der Waals surface area contributed by atoms with Gasteiger partial charge in [-0.3, -0.25) is 14.4 Å². The molecular formula is C16H18N2O3. The summed E-state index contributed by atoms with van der Waals surface area (Å²) in [5, 5.41) is 5.57. The largest absolute Gasteiger partial charge is 0.354 e. The molecule has 2 N–H and O–H groups in total. The van der Waals surface area contributed by atoms with Crippen molar-refractivity contribution in [2.24, 2.45) is 17.3 Å². The van der Waals surface area contributed by atoms with Gasteiger partial charge in [0, 0.05) is 11.6 Å². The van der Waals surface area contributed by atoms with Gasteiger partial charge in [-0.05, 0) is 26.0 Å². The maximum atomic E-state index is 12.8. The van der Waals surface area contributed by atoms with Gasteiger partial charge >= 0.3 is 0 Å². The first kappa shape index (κ1) is 13.8. The molecule has 0 aromatic heterocycles. The first-order valence-electron chi connectivity index (χ1n) is 7.12. The van der Waals surface area contributed by atoms with E-state index in [0.717, 1.165) is 0 Å². The molecule has 0 unspecified atom stereocenters. The summed E-state index contributed by atoms with van der Waals surface area (Å²) in [7, 11) is 0. The van der Waals surface area contributed by atoms with E-state index in [9.17, 15) is 14.4 Å². The van der Waals surface area contributed by atoms with Crippen molar-refractivity contribution in [1.29, 1.82) is 0 Å². The molecule has 1 aliphatic carbocycles. The van der Waals surface area contributed by atoms with Gasteiger partial charge in [0.25, 0.3) is 0 Å². The quantitative estimate of drug-likeness (QED) is 0.867. The predicted octanol–water partition coefficient (Wildman–Crippen LogP) is 1.60. The van der Waals surface area contributed by atoms with E-state index >= 15 is 0 Å². The minimum absolute atomic E-state index is 0.0172. The Balaban J connectivity index is 1.99. The van der Waals surface area contributed by atoms with E-state index in [4.69, 9.17) is 0 Å². The van der Waals surface area contributed by atoms with E-state index < -0.39 is 17.3 Å². The Kier molecular flexibility index (Phi) is 2.90. The Morgan fingerprint density at radius 2 is 1.95 bits per heavy atom. The van der Waals surface area contributed by atoms with Crippen LogP contribution >= 0.6 is 0 Å². The Morgan fingerprint density at radius 1 is 1.29 bits per heavy atom. The monoisotopic (exact) mass is 286 g/mol. The van der Waals surface area contributed by atoms with Gasteiger partial charge < -0.3 is 10.6 Å². The maximum absolute atomic E-state index is 12.8. The number of ketones is 1. The van der Waals surface area contributed by atoms with Crippen molar-refractivity contribution in [2.45, 2.75) is 26.8 Å². The van der Waals surface area contributed by atoms with Crippen molar-refractivity contribution in [2.75, 3.05) is 5.32 Å². The van der Waals surface area contributed by atoms with E-state index in [0.29, 0.717) is 11.3 Å². The van der Waals surface area contributed by atoms with E-state index in [1.807, 2.05) is 13.8 Å².